The van der Waals surface area contributed by atoms with Crippen molar-refractivity contribution in [2.24, 2.45) is 9.98 Å². The van der Waals surface area contributed by atoms with Gasteiger partial charge in [0, 0.05) is 0 Å². The molecule has 6 atom stereocenters. The van der Waals surface area contributed by atoms with Crippen LogP contribution >= 0.6 is 7.82 Å². The number of ether oxygens (including phenoxy) is 2. The monoisotopic (exact) mass is 563 g/mol. The zero-order chi connectivity index (χ0) is 28.5. The maximum atomic E-state index is 10.9. The molecule has 2 saturated heterocycles. The molecular formula is C23H46N7O7P. The van der Waals surface area contributed by atoms with Gasteiger partial charge >= 0.3 is 7.82 Å². The van der Waals surface area contributed by atoms with Crippen LogP contribution in [0, 0.1) is 5.41 Å². The number of rotatable bonds is 10. The number of fused-ring (bicyclic) bond motifs is 3. The van der Waals surface area contributed by atoms with Gasteiger partial charge < -0.3 is 44.8 Å². The third-order valence-electron chi connectivity index (χ3n) is 7.10. The van der Waals surface area contributed by atoms with E-state index in [1.54, 1.807) is 0 Å². The highest BCUT2D eigenvalue weighted by atomic mass is 31.2. The van der Waals surface area contributed by atoms with Crippen molar-refractivity contribution in [1.29, 1.82) is 5.41 Å². The third-order valence-corrected chi connectivity index (χ3v) is 7.57. The molecule has 0 spiro atoms. The minimum atomic E-state index is -4.70. The summed E-state index contributed by atoms with van der Waals surface area (Å²) in [6, 6.07) is -0.452. The van der Waals surface area contributed by atoms with E-state index in [0.29, 0.717) is 5.84 Å². The van der Waals surface area contributed by atoms with E-state index >= 15 is 0 Å². The summed E-state index contributed by atoms with van der Waals surface area (Å²) in [4.78, 5) is 30.7. The molecule has 38 heavy (non-hydrogen) atoms. The van der Waals surface area contributed by atoms with Crippen molar-refractivity contribution in [2.75, 3.05) is 52.5 Å². The molecular weight excluding hydrogens is 517 g/mol. The fourth-order valence-corrected chi connectivity index (χ4v) is 4.95. The van der Waals surface area contributed by atoms with E-state index in [1.807, 2.05) is 0 Å². The van der Waals surface area contributed by atoms with Crippen LogP contribution in [0.1, 0.15) is 41.5 Å². The lowest BCUT2D eigenvalue weighted by molar-refractivity contribution is -0.139. The number of nitrogens with one attached hydrogen (secondary N) is 3. The van der Waals surface area contributed by atoms with E-state index in [9.17, 15) is 9.67 Å². The van der Waals surface area contributed by atoms with Crippen LogP contribution < -0.4 is 10.6 Å². The largest absolute Gasteiger partial charge is 0.469 e. The number of aliphatic hydroxyl groups is 1. The topological polar surface area (TPSA) is 185 Å². The summed E-state index contributed by atoms with van der Waals surface area (Å²) in [6.07, 6.45) is -1.64. The van der Waals surface area contributed by atoms with Crippen LogP contribution in [0.25, 0.3) is 0 Å². The van der Waals surface area contributed by atoms with Crippen LogP contribution in [0.3, 0.4) is 0 Å². The first-order chi connectivity index (χ1) is 18.0. The Morgan fingerprint density at radius 1 is 1.11 bits per heavy atom. The Morgan fingerprint density at radius 2 is 1.66 bits per heavy atom. The number of phosphoric ester groups is 1. The predicted molar refractivity (Wildman–Crippen MR) is 146 cm³/mol. The molecule has 4 rings (SSSR count). The van der Waals surface area contributed by atoms with Crippen molar-refractivity contribution in [1.82, 2.24) is 20.4 Å². The molecule has 4 aliphatic heterocycles. The summed E-state index contributed by atoms with van der Waals surface area (Å²) in [6.45, 7) is 19.7. The van der Waals surface area contributed by atoms with E-state index in [-0.39, 0.29) is 12.4 Å². The van der Waals surface area contributed by atoms with Crippen molar-refractivity contribution in [3.63, 3.8) is 0 Å². The summed E-state index contributed by atoms with van der Waals surface area (Å²) in [7, 11) is -4.70. The molecule has 2 bridgehead atoms. The molecule has 2 fully saturated rings. The number of hydrogen-bond acceptors (Lipinski definition) is 11. The number of aliphatic hydroxyl groups excluding tert-OH is 1. The molecule has 0 aromatic heterocycles. The van der Waals surface area contributed by atoms with Crippen molar-refractivity contribution in [2.45, 2.75) is 77.7 Å². The zero-order valence-corrected chi connectivity index (χ0v) is 24.2. The number of aliphatic imine (C=N–C) groups is 2. The molecule has 0 amide bonds. The smallest absolute Gasteiger partial charge is 0.387 e. The summed E-state index contributed by atoms with van der Waals surface area (Å²) < 4.78 is 26.7. The molecule has 0 aromatic carbocycles. The third kappa shape index (κ3) is 8.26. The Balaban J connectivity index is 0.000000301. The first-order valence-electron chi connectivity index (χ1n) is 13.3. The Morgan fingerprint density at radius 3 is 2.11 bits per heavy atom. The number of phosphoric acid groups is 1. The van der Waals surface area contributed by atoms with Gasteiger partial charge in [-0.15, -0.1) is 0 Å². The highest BCUT2D eigenvalue weighted by Gasteiger charge is 2.63. The molecule has 6 N–H and O–H groups in total. The molecule has 0 saturated carbocycles. The lowest BCUT2D eigenvalue weighted by Gasteiger charge is -2.30. The van der Waals surface area contributed by atoms with Crippen molar-refractivity contribution in [3.05, 3.63) is 0 Å². The van der Waals surface area contributed by atoms with Gasteiger partial charge in [0.25, 0.3) is 0 Å². The van der Waals surface area contributed by atoms with Gasteiger partial charge in [-0.3, -0.25) is 9.93 Å². The van der Waals surface area contributed by atoms with E-state index in [4.69, 9.17) is 24.7 Å². The van der Waals surface area contributed by atoms with Crippen molar-refractivity contribution in [3.8, 4) is 0 Å². The van der Waals surface area contributed by atoms with Gasteiger partial charge in [-0.05, 0) is 39.3 Å². The molecule has 4 aliphatic rings. The normalized spacial score (nSPS) is 31.2. The van der Waals surface area contributed by atoms with Gasteiger partial charge in [0.2, 0.25) is 0 Å². The second-order valence-electron chi connectivity index (χ2n) is 9.22. The van der Waals surface area contributed by atoms with Crippen LogP contribution in [-0.4, -0.2) is 131 Å². The second-order valence-corrected chi connectivity index (χ2v) is 10.5. The molecule has 220 valence electrons. The summed E-state index contributed by atoms with van der Waals surface area (Å²) in [5.41, 5.74) is -1.37. The second kappa shape index (κ2) is 14.8. The average molecular weight is 564 g/mol. The van der Waals surface area contributed by atoms with E-state index in [0.717, 1.165) is 0 Å². The maximum absolute atomic E-state index is 10.9. The number of amidine groups is 2. The number of nitrogens with zero attached hydrogens (tertiary/aromatic N) is 4. The predicted octanol–water partition coefficient (Wildman–Crippen LogP) is -0.00563. The standard InChI is InChI=1S/C11H16N5O7P.2C6H15N/c12-8-4-9(14-3-13-8)16-10(15-4)6-5-7(17)11(23-6,1-21-5)2-22-24(18,19)20;2*1-4-7(5-2)6-3/h3-7,9,17H,1-2H2,(H,15,16)(H2,12,13,14)(H2,18,19,20);2*4-6H2,1-3H3/t4?,5-,6+,7-,9?,11+;;/m0../s1. The van der Waals surface area contributed by atoms with Gasteiger partial charge in [-0.25, -0.2) is 14.5 Å². The summed E-state index contributed by atoms with van der Waals surface area (Å²) in [5.74, 6) is 0.497. The lowest BCUT2D eigenvalue weighted by atomic mass is 9.99. The quantitative estimate of drug-likeness (QED) is 0.197. The SMILES string of the molecule is CCN(CC)CC.CCN(CC)CC.N=C1N=CNC2N=C([C@@H]3O[C@@]4(COP(=O)(O)O)CO[C@@H]3[C@@H]4O)NC12. The Bertz CT molecular complexity index is 842. The fourth-order valence-electron chi connectivity index (χ4n) is 4.57. The Kier molecular flexibility index (Phi) is 12.7. The molecule has 0 aliphatic carbocycles. The molecule has 2 unspecified atom stereocenters. The molecule has 4 heterocycles. The van der Waals surface area contributed by atoms with Crippen LogP contribution in [0.2, 0.25) is 0 Å². The highest BCUT2D eigenvalue weighted by molar-refractivity contribution is 7.46. The first kappa shape index (κ1) is 32.7. The Hall–Kier alpha value is -1.48. The van der Waals surface area contributed by atoms with Gasteiger partial charge in [0.15, 0.2) is 0 Å². The number of hydrogen-bond donors (Lipinski definition) is 6. The zero-order valence-electron chi connectivity index (χ0n) is 23.3. The van der Waals surface area contributed by atoms with Gasteiger partial charge in [-0.1, -0.05) is 41.5 Å². The van der Waals surface area contributed by atoms with Crippen LogP contribution in [0.4, 0.5) is 0 Å². The van der Waals surface area contributed by atoms with Gasteiger partial charge in [0.05, 0.1) is 19.6 Å². The van der Waals surface area contributed by atoms with Crippen molar-refractivity contribution >= 4 is 25.8 Å². The minimum absolute atomic E-state index is 0.0490. The van der Waals surface area contributed by atoms with Crippen LogP contribution in [-0.2, 0) is 18.6 Å². The highest BCUT2D eigenvalue weighted by Crippen LogP contribution is 2.45. The molecule has 0 radical (unpaired) electrons. The van der Waals surface area contributed by atoms with Crippen LogP contribution in [0.15, 0.2) is 9.98 Å². The van der Waals surface area contributed by atoms with Crippen molar-refractivity contribution < 1.29 is 33.5 Å². The minimum Gasteiger partial charge on any atom is -0.387 e. The van der Waals surface area contributed by atoms with E-state index in [2.05, 4.69) is 76.5 Å². The maximum Gasteiger partial charge on any atom is 0.469 e. The van der Waals surface area contributed by atoms with Gasteiger partial charge in [0.1, 0.15) is 47.8 Å². The molecule has 0 aromatic rings. The Labute approximate surface area is 225 Å². The van der Waals surface area contributed by atoms with Gasteiger partial charge in [-0.2, -0.15) is 0 Å². The summed E-state index contributed by atoms with van der Waals surface area (Å²) >= 11 is 0. The summed E-state index contributed by atoms with van der Waals surface area (Å²) in [5, 5.41) is 24.1. The average Bonchev–Trinajstić information content (AvgIpc) is 3.56. The fraction of sp³-hybridized carbons (Fsp3) is 0.870. The molecule has 15 heteroatoms. The van der Waals surface area contributed by atoms with E-state index in [1.165, 1.54) is 45.6 Å². The van der Waals surface area contributed by atoms with Crippen LogP contribution in [0.5, 0.6) is 0 Å². The molecule has 14 nitrogen and oxygen atoms in total. The van der Waals surface area contributed by atoms with E-state index < -0.39 is 50.6 Å². The lowest BCUT2D eigenvalue weighted by Crippen LogP contribution is -2.52. The first-order valence-corrected chi connectivity index (χ1v) is 14.8.